The van der Waals surface area contributed by atoms with Crippen LogP contribution in [0.15, 0.2) is 29.2 Å². The van der Waals surface area contributed by atoms with Crippen LogP contribution in [0.4, 0.5) is 0 Å². The highest BCUT2D eigenvalue weighted by molar-refractivity contribution is 7.89. The first-order chi connectivity index (χ1) is 13.0. The normalized spacial score (nSPS) is 22.5. The van der Waals surface area contributed by atoms with Gasteiger partial charge in [0, 0.05) is 37.7 Å². The molecule has 9 heteroatoms. The number of halogens is 1. The number of nitrogens with zero attached hydrogens (tertiary/aromatic N) is 2. The number of amides is 1. The summed E-state index contributed by atoms with van der Waals surface area (Å²) < 4.78 is 32.7. The average molecular weight is 416 g/mol. The standard InChI is InChI=1S/C18H26ClN3O4S/c19-15-4-6-16(7-5-15)27(24,25)22-9-2-1-3-17(22)18(23)20-8-10-21-11-13-26-14-12-21/h4-7,17H,1-3,8-14H2,(H,20,23). The van der Waals surface area contributed by atoms with E-state index in [4.69, 9.17) is 16.3 Å². The minimum Gasteiger partial charge on any atom is -0.379 e. The Morgan fingerprint density at radius 1 is 1.15 bits per heavy atom. The number of carbonyl (C=O) groups is 1. The van der Waals surface area contributed by atoms with Crippen molar-refractivity contribution >= 4 is 27.5 Å². The molecule has 2 saturated heterocycles. The third-order valence-corrected chi connectivity index (χ3v) is 7.18. The maximum absolute atomic E-state index is 13.0. The number of ether oxygens (including phenoxy) is 1. The van der Waals surface area contributed by atoms with Gasteiger partial charge in [-0.1, -0.05) is 18.0 Å². The number of sulfonamides is 1. The van der Waals surface area contributed by atoms with Crippen molar-refractivity contribution in [2.45, 2.75) is 30.2 Å². The van der Waals surface area contributed by atoms with Crippen LogP contribution >= 0.6 is 11.6 Å². The van der Waals surface area contributed by atoms with E-state index in [1.54, 1.807) is 12.1 Å². The number of morpholine rings is 1. The summed E-state index contributed by atoms with van der Waals surface area (Å²) in [5.41, 5.74) is 0. The zero-order valence-electron chi connectivity index (χ0n) is 15.3. The van der Waals surface area contributed by atoms with Crippen molar-refractivity contribution in [3.63, 3.8) is 0 Å². The van der Waals surface area contributed by atoms with E-state index < -0.39 is 16.1 Å². The van der Waals surface area contributed by atoms with Gasteiger partial charge in [0.05, 0.1) is 18.1 Å². The van der Waals surface area contributed by atoms with Crippen LogP contribution in [-0.2, 0) is 19.6 Å². The van der Waals surface area contributed by atoms with Gasteiger partial charge in [0.25, 0.3) is 0 Å². The summed E-state index contributed by atoms with van der Waals surface area (Å²) in [6, 6.07) is 5.41. The van der Waals surface area contributed by atoms with Crippen molar-refractivity contribution in [3.8, 4) is 0 Å². The number of hydrogen-bond acceptors (Lipinski definition) is 5. The summed E-state index contributed by atoms with van der Waals surface area (Å²) in [5, 5.41) is 3.39. The topological polar surface area (TPSA) is 79.0 Å². The molecule has 1 N–H and O–H groups in total. The van der Waals surface area contributed by atoms with Gasteiger partial charge < -0.3 is 10.1 Å². The third-order valence-electron chi connectivity index (χ3n) is 5.01. The predicted octanol–water partition coefficient (Wildman–Crippen LogP) is 1.33. The first-order valence-electron chi connectivity index (χ1n) is 9.34. The van der Waals surface area contributed by atoms with Gasteiger partial charge in [-0.05, 0) is 37.1 Å². The molecule has 1 aromatic carbocycles. The average Bonchev–Trinajstić information content (AvgIpc) is 2.69. The minimum absolute atomic E-state index is 0.167. The van der Waals surface area contributed by atoms with Gasteiger partial charge in [-0.2, -0.15) is 4.31 Å². The number of nitrogens with one attached hydrogen (secondary N) is 1. The Morgan fingerprint density at radius 2 is 1.85 bits per heavy atom. The van der Waals surface area contributed by atoms with Gasteiger partial charge in [0.2, 0.25) is 15.9 Å². The van der Waals surface area contributed by atoms with Crippen LogP contribution < -0.4 is 5.32 Å². The van der Waals surface area contributed by atoms with Crippen molar-refractivity contribution in [3.05, 3.63) is 29.3 Å². The molecule has 3 rings (SSSR count). The molecule has 0 spiro atoms. The Kier molecular flexibility index (Phi) is 7.10. The molecule has 27 heavy (non-hydrogen) atoms. The molecule has 0 radical (unpaired) electrons. The van der Waals surface area contributed by atoms with Crippen molar-refractivity contribution < 1.29 is 17.9 Å². The van der Waals surface area contributed by atoms with Gasteiger partial charge >= 0.3 is 0 Å². The zero-order valence-corrected chi connectivity index (χ0v) is 16.8. The molecule has 2 aliphatic heterocycles. The van der Waals surface area contributed by atoms with Crippen molar-refractivity contribution in [2.24, 2.45) is 0 Å². The summed E-state index contributed by atoms with van der Waals surface area (Å²) in [6.07, 6.45) is 2.13. The highest BCUT2D eigenvalue weighted by Gasteiger charge is 2.37. The quantitative estimate of drug-likeness (QED) is 0.758. The molecule has 2 heterocycles. The molecule has 1 unspecified atom stereocenters. The molecule has 0 bridgehead atoms. The second kappa shape index (κ2) is 9.34. The molecular weight excluding hydrogens is 390 g/mol. The maximum atomic E-state index is 13.0. The lowest BCUT2D eigenvalue weighted by Gasteiger charge is -2.34. The van der Waals surface area contributed by atoms with E-state index in [2.05, 4.69) is 10.2 Å². The number of rotatable bonds is 6. The van der Waals surface area contributed by atoms with Gasteiger partial charge in [-0.25, -0.2) is 8.42 Å². The van der Waals surface area contributed by atoms with Gasteiger partial charge in [0.1, 0.15) is 6.04 Å². The Labute approximate surface area is 165 Å². The largest absolute Gasteiger partial charge is 0.379 e. The summed E-state index contributed by atoms with van der Waals surface area (Å²) in [4.78, 5) is 15.1. The number of hydrogen-bond donors (Lipinski definition) is 1. The van der Waals surface area contributed by atoms with Crippen molar-refractivity contribution in [2.75, 3.05) is 45.9 Å². The molecule has 0 aliphatic carbocycles. The van der Waals surface area contributed by atoms with E-state index in [1.165, 1.54) is 16.4 Å². The zero-order chi connectivity index (χ0) is 19.3. The summed E-state index contributed by atoms with van der Waals surface area (Å²) in [7, 11) is -3.73. The van der Waals surface area contributed by atoms with Crippen LogP contribution in [0.3, 0.4) is 0 Å². The van der Waals surface area contributed by atoms with Crippen LogP contribution in [0.1, 0.15) is 19.3 Å². The van der Waals surface area contributed by atoms with Gasteiger partial charge in [-0.15, -0.1) is 0 Å². The fourth-order valence-electron chi connectivity index (χ4n) is 3.48. The Balaban J connectivity index is 1.63. The van der Waals surface area contributed by atoms with E-state index in [-0.39, 0.29) is 10.8 Å². The molecule has 0 aromatic heterocycles. The highest BCUT2D eigenvalue weighted by Crippen LogP contribution is 2.26. The molecule has 2 fully saturated rings. The van der Waals surface area contributed by atoms with Crippen LogP contribution in [0.2, 0.25) is 5.02 Å². The van der Waals surface area contributed by atoms with Gasteiger partial charge in [-0.3, -0.25) is 9.69 Å². The van der Waals surface area contributed by atoms with Crippen molar-refractivity contribution in [1.29, 1.82) is 0 Å². The van der Waals surface area contributed by atoms with E-state index in [0.717, 1.165) is 32.5 Å². The van der Waals surface area contributed by atoms with E-state index in [9.17, 15) is 13.2 Å². The first-order valence-corrected chi connectivity index (χ1v) is 11.2. The molecule has 1 atom stereocenters. The number of benzene rings is 1. The Bertz CT molecular complexity index is 735. The predicted molar refractivity (Wildman–Crippen MR) is 103 cm³/mol. The van der Waals surface area contributed by atoms with Crippen LogP contribution in [0.5, 0.6) is 0 Å². The second-order valence-electron chi connectivity index (χ2n) is 6.83. The lowest BCUT2D eigenvalue weighted by Crippen LogP contribution is -2.52. The number of piperidine rings is 1. The maximum Gasteiger partial charge on any atom is 0.243 e. The monoisotopic (exact) mass is 415 g/mol. The van der Waals surface area contributed by atoms with Crippen LogP contribution in [-0.4, -0.2) is 75.5 Å². The summed E-state index contributed by atoms with van der Waals surface area (Å²) >= 11 is 5.86. The fourth-order valence-corrected chi connectivity index (χ4v) is 5.26. The first kappa shape index (κ1) is 20.5. The molecule has 0 saturated carbocycles. The molecule has 2 aliphatic rings. The van der Waals surface area contributed by atoms with Crippen LogP contribution in [0, 0.1) is 0 Å². The minimum atomic E-state index is -3.73. The van der Waals surface area contributed by atoms with E-state index in [0.29, 0.717) is 37.7 Å². The van der Waals surface area contributed by atoms with Crippen LogP contribution in [0.25, 0.3) is 0 Å². The Morgan fingerprint density at radius 3 is 2.56 bits per heavy atom. The van der Waals surface area contributed by atoms with Crippen molar-refractivity contribution in [1.82, 2.24) is 14.5 Å². The fraction of sp³-hybridized carbons (Fsp3) is 0.611. The van der Waals surface area contributed by atoms with Gasteiger partial charge in [0.15, 0.2) is 0 Å². The molecule has 1 amide bonds. The summed E-state index contributed by atoms with van der Waals surface area (Å²) in [6.45, 7) is 4.74. The Hall–Kier alpha value is -1.19. The second-order valence-corrected chi connectivity index (χ2v) is 9.15. The SMILES string of the molecule is O=C(NCCN1CCOCC1)C1CCCCN1S(=O)(=O)c1ccc(Cl)cc1. The van der Waals surface area contributed by atoms with E-state index in [1.807, 2.05) is 0 Å². The number of carbonyl (C=O) groups excluding carboxylic acids is 1. The van der Waals surface area contributed by atoms with E-state index >= 15 is 0 Å². The molecule has 7 nitrogen and oxygen atoms in total. The molecular formula is C18H26ClN3O4S. The lowest BCUT2D eigenvalue weighted by molar-refractivity contribution is -0.125. The third kappa shape index (κ3) is 5.20. The smallest absolute Gasteiger partial charge is 0.243 e. The highest BCUT2D eigenvalue weighted by atomic mass is 35.5. The molecule has 1 aromatic rings. The molecule has 150 valence electrons. The summed E-state index contributed by atoms with van der Waals surface area (Å²) in [5.74, 6) is -0.222. The lowest BCUT2D eigenvalue weighted by atomic mass is 10.0.